The van der Waals surface area contributed by atoms with Gasteiger partial charge in [-0.05, 0) is 24.1 Å². The SMILES string of the molecule is N[C@@H](Cc1ccc(O)c(P(=O)(O)O[N+](=O)[O-])c1)C(=O)O. The van der Waals surface area contributed by atoms with E-state index in [0.29, 0.717) is 0 Å². The van der Waals surface area contributed by atoms with Gasteiger partial charge in [-0.2, -0.15) is 0 Å². The Kier molecular flexibility index (Phi) is 4.66. The van der Waals surface area contributed by atoms with E-state index < -0.39 is 35.7 Å². The second-order valence-corrected chi connectivity index (χ2v) is 5.48. The van der Waals surface area contributed by atoms with Crippen LogP contribution in [0.4, 0.5) is 0 Å². The van der Waals surface area contributed by atoms with E-state index in [0.717, 1.165) is 12.1 Å². The van der Waals surface area contributed by atoms with Crippen LogP contribution < -0.4 is 11.0 Å². The van der Waals surface area contributed by atoms with Crippen LogP contribution in [0.15, 0.2) is 18.2 Å². The largest absolute Gasteiger partial charge is 0.507 e. The molecule has 110 valence electrons. The van der Waals surface area contributed by atoms with Crippen molar-refractivity contribution in [2.75, 3.05) is 0 Å². The molecule has 10 nitrogen and oxygen atoms in total. The first-order valence-electron chi connectivity index (χ1n) is 5.11. The molecule has 0 radical (unpaired) electrons. The van der Waals surface area contributed by atoms with Crippen LogP contribution in [-0.4, -0.2) is 32.2 Å². The number of nitrogens with zero attached hydrogens (tertiary/aromatic N) is 1. The summed E-state index contributed by atoms with van der Waals surface area (Å²) in [5.74, 6) is -1.97. The van der Waals surface area contributed by atoms with Gasteiger partial charge in [0.05, 0.1) is 0 Å². The summed E-state index contributed by atoms with van der Waals surface area (Å²) < 4.78 is 15.2. The Morgan fingerprint density at radius 3 is 2.65 bits per heavy atom. The maximum atomic E-state index is 11.6. The zero-order chi connectivity index (χ0) is 15.5. The van der Waals surface area contributed by atoms with Crippen molar-refractivity contribution in [3.8, 4) is 5.75 Å². The first-order valence-corrected chi connectivity index (χ1v) is 6.69. The number of carboxylic acid groups (broad SMARTS) is 1. The van der Waals surface area contributed by atoms with Crippen LogP contribution in [0.25, 0.3) is 0 Å². The smallest absolute Gasteiger partial charge is 0.401 e. The number of nitrogens with two attached hydrogens (primary N) is 1. The molecule has 5 N–H and O–H groups in total. The molecule has 0 aromatic heterocycles. The quantitative estimate of drug-likeness (QED) is 0.303. The highest BCUT2D eigenvalue weighted by Crippen LogP contribution is 2.43. The molecule has 0 bridgehead atoms. The van der Waals surface area contributed by atoms with Crippen LogP contribution in [0.1, 0.15) is 5.56 Å². The normalized spacial score (nSPS) is 15.1. The third-order valence-electron chi connectivity index (χ3n) is 2.29. The van der Waals surface area contributed by atoms with Crippen molar-refractivity contribution < 1.29 is 34.2 Å². The summed E-state index contributed by atoms with van der Waals surface area (Å²) in [5, 5.41) is 26.1. The summed E-state index contributed by atoms with van der Waals surface area (Å²) >= 11 is 0. The van der Waals surface area contributed by atoms with Gasteiger partial charge in [-0.25, -0.2) is 4.62 Å². The topological polar surface area (TPSA) is 173 Å². The lowest BCUT2D eigenvalue weighted by molar-refractivity contribution is -0.715. The molecule has 0 amide bonds. The second kappa shape index (κ2) is 5.87. The Hall–Kier alpha value is -2.16. The third kappa shape index (κ3) is 3.92. The molecule has 1 aromatic rings. The Labute approximate surface area is 112 Å². The summed E-state index contributed by atoms with van der Waals surface area (Å²) in [4.78, 5) is 30.1. The lowest BCUT2D eigenvalue weighted by Crippen LogP contribution is -2.32. The maximum Gasteiger partial charge on any atom is 0.401 e. The molecule has 0 saturated carbocycles. The van der Waals surface area contributed by atoms with Crippen LogP contribution >= 0.6 is 7.60 Å². The number of phenolic OH excluding ortho intramolecular Hbond substituents is 1. The third-order valence-corrected chi connectivity index (χ3v) is 3.62. The van der Waals surface area contributed by atoms with Crippen molar-refractivity contribution in [1.29, 1.82) is 0 Å². The van der Waals surface area contributed by atoms with Crippen molar-refractivity contribution in [2.24, 2.45) is 5.73 Å². The number of aliphatic carboxylic acids is 1. The maximum absolute atomic E-state index is 11.6. The number of rotatable bonds is 6. The number of phenols is 1. The molecule has 11 heteroatoms. The molecule has 0 heterocycles. The van der Waals surface area contributed by atoms with Gasteiger partial charge < -0.3 is 20.8 Å². The van der Waals surface area contributed by atoms with Gasteiger partial charge in [0.2, 0.25) is 0 Å². The molecule has 0 fully saturated rings. The molecule has 0 aliphatic heterocycles. The summed E-state index contributed by atoms with van der Waals surface area (Å²) in [5.41, 5.74) is 5.50. The van der Waals surface area contributed by atoms with Gasteiger partial charge in [0.15, 0.2) is 0 Å². The minimum Gasteiger partial charge on any atom is -0.507 e. The molecule has 1 rings (SSSR count). The van der Waals surface area contributed by atoms with Crippen molar-refractivity contribution in [3.05, 3.63) is 33.9 Å². The molecular weight excluding hydrogens is 295 g/mol. The van der Waals surface area contributed by atoms with E-state index >= 15 is 0 Å². The van der Waals surface area contributed by atoms with E-state index in [1.165, 1.54) is 6.07 Å². The van der Waals surface area contributed by atoms with Crippen LogP contribution in [0.5, 0.6) is 5.75 Å². The first-order chi connectivity index (χ1) is 9.13. The number of hydrogen-bond donors (Lipinski definition) is 4. The Bertz CT molecular complexity index is 589. The molecule has 0 aliphatic rings. The van der Waals surface area contributed by atoms with E-state index in [9.17, 15) is 29.5 Å². The molecule has 0 spiro atoms. The Balaban J connectivity index is 3.12. The van der Waals surface area contributed by atoms with Crippen molar-refractivity contribution in [1.82, 2.24) is 0 Å². The zero-order valence-electron chi connectivity index (χ0n) is 9.87. The highest BCUT2D eigenvalue weighted by Gasteiger charge is 2.30. The fraction of sp³-hybridized carbons (Fsp3) is 0.222. The van der Waals surface area contributed by atoms with Gasteiger partial charge >= 0.3 is 18.7 Å². The molecule has 2 atom stereocenters. The van der Waals surface area contributed by atoms with E-state index in [-0.39, 0.29) is 12.0 Å². The first kappa shape index (κ1) is 15.9. The van der Waals surface area contributed by atoms with Crippen LogP contribution in [0, 0.1) is 10.1 Å². The fourth-order valence-corrected chi connectivity index (χ4v) is 2.36. The summed E-state index contributed by atoms with van der Waals surface area (Å²) in [6.45, 7) is 0. The monoisotopic (exact) mass is 306 g/mol. The number of hydrogen-bond acceptors (Lipinski definition) is 7. The van der Waals surface area contributed by atoms with Gasteiger partial charge in [0.25, 0.3) is 0 Å². The number of benzene rings is 1. The minimum atomic E-state index is -4.87. The van der Waals surface area contributed by atoms with Crippen LogP contribution in [-0.2, 0) is 20.4 Å². The summed E-state index contributed by atoms with van der Waals surface area (Å²) in [7, 11) is -4.87. The Morgan fingerprint density at radius 1 is 1.55 bits per heavy atom. The highest BCUT2D eigenvalue weighted by atomic mass is 31.2. The predicted octanol–water partition coefficient (Wildman–Crippen LogP) is -0.634. The van der Waals surface area contributed by atoms with Gasteiger partial charge in [0, 0.05) is 0 Å². The molecule has 20 heavy (non-hydrogen) atoms. The lowest BCUT2D eigenvalue weighted by atomic mass is 10.1. The zero-order valence-corrected chi connectivity index (χ0v) is 10.8. The minimum absolute atomic E-state index is 0.193. The summed E-state index contributed by atoms with van der Waals surface area (Å²) in [6, 6.07) is 1.93. The van der Waals surface area contributed by atoms with E-state index in [4.69, 9.17) is 10.8 Å². The number of aromatic hydroxyl groups is 1. The molecular formula is C9H11N2O8P. The van der Waals surface area contributed by atoms with Crippen LogP contribution in [0.3, 0.4) is 0 Å². The van der Waals surface area contributed by atoms with E-state index in [1.807, 2.05) is 0 Å². The van der Waals surface area contributed by atoms with Gasteiger partial charge in [0.1, 0.15) is 17.1 Å². The standard InChI is InChI=1S/C9H11N2O8P/c10-6(9(13)14)3-5-1-2-7(12)8(4-5)20(17,18)19-11(15)16/h1-2,4,6,12H,3,10H2,(H,13,14)(H,17,18)/t6-/m0/s1. The summed E-state index contributed by atoms with van der Waals surface area (Å²) in [6.07, 6.45) is -0.193. The van der Waals surface area contributed by atoms with Crippen molar-refractivity contribution >= 4 is 18.9 Å². The second-order valence-electron chi connectivity index (χ2n) is 3.80. The number of carbonyl (C=O) groups is 1. The van der Waals surface area contributed by atoms with E-state index in [2.05, 4.69) is 4.62 Å². The predicted molar refractivity (Wildman–Crippen MR) is 65.0 cm³/mol. The highest BCUT2D eigenvalue weighted by molar-refractivity contribution is 7.61. The molecule has 1 unspecified atom stereocenters. The molecule has 0 aliphatic carbocycles. The van der Waals surface area contributed by atoms with Gasteiger partial charge in [-0.3, -0.25) is 9.36 Å². The van der Waals surface area contributed by atoms with E-state index in [1.54, 1.807) is 0 Å². The molecule has 1 aromatic carbocycles. The Morgan fingerprint density at radius 2 is 2.15 bits per heavy atom. The number of carboxylic acids is 1. The van der Waals surface area contributed by atoms with Crippen molar-refractivity contribution in [3.63, 3.8) is 0 Å². The average Bonchev–Trinajstić information content (AvgIpc) is 2.29. The van der Waals surface area contributed by atoms with Crippen molar-refractivity contribution in [2.45, 2.75) is 12.5 Å². The molecule has 0 saturated heterocycles. The van der Waals surface area contributed by atoms with Crippen LogP contribution in [0.2, 0.25) is 0 Å². The fourth-order valence-electron chi connectivity index (χ4n) is 1.40. The van der Waals surface area contributed by atoms with Gasteiger partial charge in [-0.15, -0.1) is 10.1 Å². The lowest BCUT2D eigenvalue weighted by Gasteiger charge is -2.13. The van der Waals surface area contributed by atoms with Gasteiger partial charge in [-0.1, -0.05) is 6.07 Å². The average molecular weight is 306 g/mol.